The van der Waals surface area contributed by atoms with E-state index in [0.29, 0.717) is 24.5 Å². The SMILES string of the molecule is CC1(CNCC(O)c2ccc3c(c2)OCCO3)CCCS1. The van der Waals surface area contributed by atoms with Gasteiger partial charge in [0.05, 0.1) is 6.10 Å². The van der Waals surface area contributed by atoms with Gasteiger partial charge in [-0.25, -0.2) is 0 Å². The van der Waals surface area contributed by atoms with Crippen molar-refractivity contribution in [1.82, 2.24) is 5.32 Å². The van der Waals surface area contributed by atoms with Crippen LogP contribution >= 0.6 is 11.8 Å². The third-order valence-corrected chi connectivity index (χ3v) is 5.63. The number of aliphatic hydroxyl groups excluding tert-OH is 1. The average molecular weight is 309 g/mol. The Morgan fingerprint density at radius 2 is 2.14 bits per heavy atom. The molecule has 4 nitrogen and oxygen atoms in total. The van der Waals surface area contributed by atoms with Crippen molar-refractivity contribution in [2.45, 2.75) is 30.6 Å². The Kier molecular flexibility index (Phi) is 4.62. The summed E-state index contributed by atoms with van der Waals surface area (Å²) in [4.78, 5) is 0. The van der Waals surface area contributed by atoms with Crippen LogP contribution in [0.2, 0.25) is 0 Å². The summed E-state index contributed by atoms with van der Waals surface area (Å²) in [6, 6.07) is 5.67. The summed E-state index contributed by atoms with van der Waals surface area (Å²) < 4.78 is 11.4. The minimum absolute atomic E-state index is 0.326. The highest BCUT2D eigenvalue weighted by molar-refractivity contribution is 8.00. The van der Waals surface area contributed by atoms with E-state index in [1.54, 1.807) is 0 Å². The second-order valence-corrected chi connectivity index (χ2v) is 7.63. The number of benzene rings is 1. The van der Waals surface area contributed by atoms with Crippen LogP contribution in [0.3, 0.4) is 0 Å². The largest absolute Gasteiger partial charge is 0.486 e. The van der Waals surface area contributed by atoms with Crippen LogP contribution in [0, 0.1) is 0 Å². The fourth-order valence-corrected chi connectivity index (χ4v) is 4.11. The first-order valence-electron chi connectivity index (χ1n) is 7.59. The molecule has 0 bridgehead atoms. The standard InChI is InChI=1S/C16H23NO3S/c1-16(5-2-8-21-16)11-17-10-13(18)12-3-4-14-15(9-12)20-7-6-19-14/h3-4,9,13,17-18H,2,5-8,10-11H2,1H3. The maximum absolute atomic E-state index is 10.3. The van der Waals surface area contributed by atoms with Gasteiger partial charge in [0.2, 0.25) is 0 Å². The van der Waals surface area contributed by atoms with Crippen molar-refractivity contribution in [2.75, 3.05) is 32.1 Å². The van der Waals surface area contributed by atoms with Gasteiger partial charge in [-0.2, -0.15) is 11.8 Å². The van der Waals surface area contributed by atoms with Crippen LogP contribution in [0.25, 0.3) is 0 Å². The predicted octanol–water partition coefficient (Wildman–Crippen LogP) is 2.37. The minimum Gasteiger partial charge on any atom is -0.486 e. The molecule has 0 amide bonds. The molecule has 1 saturated heterocycles. The lowest BCUT2D eigenvalue weighted by atomic mass is 10.0. The molecule has 2 aliphatic heterocycles. The van der Waals surface area contributed by atoms with Crippen molar-refractivity contribution < 1.29 is 14.6 Å². The van der Waals surface area contributed by atoms with E-state index < -0.39 is 6.10 Å². The molecule has 0 spiro atoms. The normalized spacial score (nSPS) is 25.8. The quantitative estimate of drug-likeness (QED) is 0.874. The van der Waals surface area contributed by atoms with Crippen molar-refractivity contribution in [2.24, 2.45) is 0 Å². The third kappa shape index (κ3) is 3.65. The van der Waals surface area contributed by atoms with Crippen LogP contribution in [0.4, 0.5) is 0 Å². The van der Waals surface area contributed by atoms with E-state index >= 15 is 0 Å². The summed E-state index contributed by atoms with van der Waals surface area (Å²) in [5, 5.41) is 13.7. The summed E-state index contributed by atoms with van der Waals surface area (Å²) in [5.74, 6) is 2.75. The summed E-state index contributed by atoms with van der Waals surface area (Å²) in [5.41, 5.74) is 0.871. The van der Waals surface area contributed by atoms with E-state index in [4.69, 9.17) is 9.47 Å². The maximum Gasteiger partial charge on any atom is 0.161 e. The first-order valence-corrected chi connectivity index (χ1v) is 8.57. The Balaban J connectivity index is 1.54. The average Bonchev–Trinajstić information content (AvgIpc) is 2.93. The van der Waals surface area contributed by atoms with Gasteiger partial charge in [-0.05, 0) is 43.2 Å². The van der Waals surface area contributed by atoms with Gasteiger partial charge in [-0.3, -0.25) is 0 Å². The number of fused-ring (bicyclic) bond motifs is 1. The van der Waals surface area contributed by atoms with Gasteiger partial charge >= 0.3 is 0 Å². The second kappa shape index (κ2) is 6.46. The molecule has 2 aliphatic rings. The lowest BCUT2D eigenvalue weighted by Crippen LogP contribution is -2.35. The van der Waals surface area contributed by atoms with Crippen LogP contribution in [-0.2, 0) is 0 Å². The van der Waals surface area contributed by atoms with Gasteiger partial charge in [0.15, 0.2) is 11.5 Å². The van der Waals surface area contributed by atoms with Crippen molar-refractivity contribution in [3.63, 3.8) is 0 Å². The molecule has 1 aromatic rings. The summed E-state index contributed by atoms with van der Waals surface area (Å²) >= 11 is 2.03. The van der Waals surface area contributed by atoms with Crippen molar-refractivity contribution >= 4 is 11.8 Å². The number of hydrogen-bond acceptors (Lipinski definition) is 5. The lowest BCUT2D eigenvalue weighted by Gasteiger charge is -2.24. The van der Waals surface area contributed by atoms with Gasteiger partial charge in [-0.15, -0.1) is 0 Å². The summed E-state index contributed by atoms with van der Waals surface area (Å²) in [6.45, 7) is 4.97. The van der Waals surface area contributed by atoms with Gasteiger partial charge in [-0.1, -0.05) is 6.07 Å². The van der Waals surface area contributed by atoms with Crippen LogP contribution in [-0.4, -0.2) is 41.9 Å². The molecular weight excluding hydrogens is 286 g/mol. The van der Waals surface area contributed by atoms with Crippen LogP contribution < -0.4 is 14.8 Å². The Hall–Kier alpha value is -0.910. The zero-order valence-corrected chi connectivity index (χ0v) is 13.2. The first-order chi connectivity index (χ1) is 10.2. The van der Waals surface area contributed by atoms with Gasteiger partial charge in [0.1, 0.15) is 13.2 Å². The van der Waals surface area contributed by atoms with Crippen molar-refractivity contribution in [3.8, 4) is 11.5 Å². The first kappa shape index (κ1) is 15.0. The highest BCUT2D eigenvalue weighted by Crippen LogP contribution is 2.37. The number of ether oxygens (including phenoxy) is 2. The number of hydrogen-bond donors (Lipinski definition) is 2. The van der Waals surface area contributed by atoms with E-state index in [0.717, 1.165) is 23.6 Å². The molecule has 2 heterocycles. The van der Waals surface area contributed by atoms with Gasteiger partial charge < -0.3 is 19.9 Å². The Morgan fingerprint density at radius 3 is 2.90 bits per heavy atom. The number of thioether (sulfide) groups is 1. The number of aliphatic hydroxyl groups is 1. The molecule has 5 heteroatoms. The van der Waals surface area contributed by atoms with E-state index in [1.807, 2.05) is 30.0 Å². The van der Waals surface area contributed by atoms with Crippen LogP contribution in [0.5, 0.6) is 11.5 Å². The van der Waals surface area contributed by atoms with Gasteiger partial charge in [0, 0.05) is 17.8 Å². The highest BCUT2D eigenvalue weighted by Gasteiger charge is 2.29. The molecular formula is C16H23NO3S. The zero-order valence-electron chi connectivity index (χ0n) is 12.4. The molecule has 2 atom stereocenters. The summed E-state index contributed by atoms with van der Waals surface area (Å²) in [6.07, 6.45) is 2.04. The molecule has 21 heavy (non-hydrogen) atoms. The molecule has 1 fully saturated rings. The molecule has 0 aliphatic carbocycles. The summed E-state index contributed by atoms with van der Waals surface area (Å²) in [7, 11) is 0. The predicted molar refractivity (Wildman–Crippen MR) is 85.4 cm³/mol. The fraction of sp³-hybridized carbons (Fsp3) is 0.625. The monoisotopic (exact) mass is 309 g/mol. The smallest absolute Gasteiger partial charge is 0.161 e. The molecule has 116 valence electrons. The number of nitrogens with one attached hydrogen (secondary N) is 1. The van der Waals surface area contributed by atoms with Crippen LogP contribution in [0.15, 0.2) is 18.2 Å². The Labute approximate surface area is 130 Å². The molecule has 2 unspecified atom stereocenters. The third-order valence-electron chi connectivity index (χ3n) is 4.09. The molecule has 0 saturated carbocycles. The maximum atomic E-state index is 10.3. The molecule has 2 N–H and O–H groups in total. The fourth-order valence-electron chi connectivity index (χ4n) is 2.83. The zero-order chi connectivity index (χ0) is 14.7. The van der Waals surface area contributed by atoms with Crippen molar-refractivity contribution in [1.29, 1.82) is 0 Å². The van der Waals surface area contributed by atoms with E-state index in [1.165, 1.54) is 18.6 Å². The Morgan fingerprint density at radius 1 is 1.33 bits per heavy atom. The lowest BCUT2D eigenvalue weighted by molar-refractivity contribution is 0.163. The highest BCUT2D eigenvalue weighted by atomic mass is 32.2. The molecule has 1 aromatic carbocycles. The number of rotatable bonds is 5. The van der Waals surface area contributed by atoms with Gasteiger partial charge in [0.25, 0.3) is 0 Å². The molecule has 3 rings (SSSR count). The van der Waals surface area contributed by atoms with E-state index in [2.05, 4.69) is 12.2 Å². The van der Waals surface area contributed by atoms with E-state index in [9.17, 15) is 5.11 Å². The molecule has 0 aromatic heterocycles. The minimum atomic E-state index is -0.518. The molecule has 0 radical (unpaired) electrons. The Bertz CT molecular complexity index is 488. The van der Waals surface area contributed by atoms with Crippen LogP contribution in [0.1, 0.15) is 31.4 Å². The van der Waals surface area contributed by atoms with E-state index in [-0.39, 0.29) is 0 Å². The van der Waals surface area contributed by atoms with Crippen molar-refractivity contribution in [3.05, 3.63) is 23.8 Å². The topological polar surface area (TPSA) is 50.7 Å². The second-order valence-electron chi connectivity index (χ2n) is 5.95.